The van der Waals surface area contributed by atoms with Crippen LogP contribution in [-0.2, 0) is 14.4 Å². The quantitative estimate of drug-likeness (QED) is 0.835. The molecule has 3 amide bonds. The van der Waals surface area contributed by atoms with Gasteiger partial charge in [-0.15, -0.1) is 0 Å². The lowest BCUT2D eigenvalue weighted by Crippen LogP contribution is -2.42. The Balaban J connectivity index is 1.36. The smallest absolute Gasteiger partial charge is 0.244 e. The molecule has 3 aliphatic rings. The van der Waals surface area contributed by atoms with Crippen molar-refractivity contribution in [1.82, 2.24) is 10.2 Å². The molecule has 7 nitrogen and oxygen atoms in total. The molecule has 132 valence electrons. The second-order valence-corrected chi connectivity index (χ2v) is 7.02. The van der Waals surface area contributed by atoms with Gasteiger partial charge in [0.2, 0.25) is 17.7 Å². The Morgan fingerprint density at radius 3 is 2.48 bits per heavy atom. The number of nitrogens with one attached hydrogen (secondary N) is 2. The minimum atomic E-state index is -0.210. The molecule has 2 atom stereocenters. The molecular formula is C18H22N4O3. The highest BCUT2D eigenvalue weighted by Gasteiger charge is 2.38. The molecule has 0 aliphatic carbocycles. The summed E-state index contributed by atoms with van der Waals surface area (Å²) in [6, 6.07) is 7.23. The van der Waals surface area contributed by atoms with Crippen molar-refractivity contribution in [3.8, 4) is 0 Å². The molecule has 25 heavy (non-hydrogen) atoms. The van der Waals surface area contributed by atoms with Gasteiger partial charge in [-0.1, -0.05) is 12.1 Å². The summed E-state index contributed by atoms with van der Waals surface area (Å²) in [7, 11) is 0. The predicted molar refractivity (Wildman–Crippen MR) is 93.1 cm³/mol. The zero-order valence-electron chi connectivity index (χ0n) is 14.0. The molecule has 2 saturated heterocycles. The zero-order chi connectivity index (χ0) is 17.4. The molecule has 0 radical (unpaired) electrons. The van der Waals surface area contributed by atoms with Gasteiger partial charge in [0.25, 0.3) is 0 Å². The molecular weight excluding hydrogens is 320 g/mol. The number of anilines is 2. The summed E-state index contributed by atoms with van der Waals surface area (Å²) in [5.74, 6) is 0.752. The van der Waals surface area contributed by atoms with E-state index in [9.17, 15) is 14.4 Å². The Morgan fingerprint density at radius 1 is 1.04 bits per heavy atom. The van der Waals surface area contributed by atoms with Gasteiger partial charge in [-0.05, 0) is 24.0 Å². The monoisotopic (exact) mass is 342 g/mol. The average Bonchev–Trinajstić information content (AvgIpc) is 3.20. The van der Waals surface area contributed by atoms with E-state index in [0.717, 1.165) is 26.2 Å². The first-order valence-electron chi connectivity index (χ1n) is 8.79. The van der Waals surface area contributed by atoms with E-state index in [2.05, 4.69) is 10.6 Å². The number of para-hydroxylation sites is 2. The third-order valence-electron chi connectivity index (χ3n) is 5.37. The van der Waals surface area contributed by atoms with Crippen molar-refractivity contribution in [2.75, 3.05) is 42.9 Å². The number of benzene rings is 1. The van der Waals surface area contributed by atoms with E-state index in [1.807, 2.05) is 23.1 Å². The Bertz CT molecular complexity index is 708. The maximum Gasteiger partial charge on any atom is 0.244 e. The Kier molecular flexibility index (Phi) is 4.17. The van der Waals surface area contributed by atoms with E-state index in [1.165, 1.54) is 4.90 Å². The van der Waals surface area contributed by atoms with Gasteiger partial charge in [0.05, 0.1) is 11.4 Å². The molecule has 0 unspecified atom stereocenters. The highest BCUT2D eigenvalue weighted by Crippen LogP contribution is 2.30. The molecule has 0 spiro atoms. The Hall–Kier alpha value is -2.41. The van der Waals surface area contributed by atoms with Gasteiger partial charge < -0.3 is 20.4 Å². The molecule has 3 aliphatic heterocycles. The van der Waals surface area contributed by atoms with E-state index in [4.69, 9.17) is 0 Å². The normalized spacial score (nSPS) is 24.7. The summed E-state index contributed by atoms with van der Waals surface area (Å²) in [5.41, 5.74) is 1.33. The van der Waals surface area contributed by atoms with Crippen LogP contribution in [0, 0.1) is 11.8 Å². The first kappa shape index (κ1) is 16.1. The first-order valence-corrected chi connectivity index (χ1v) is 8.79. The van der Waals surface area contributed by atoms with Crippen molar-refractivity contribution >= 4 is 29.1 Å². The maximum absolute atomic E-state index is 12.6. The van der Waals surface area contributed by atoms with Gasteiger partial charge in [0.1, 0.15) is 6.54 Å². The summed E-state index contributed by atoms with van der Waals surface area (Å²) >= 11 is 0. The van der Waals surface area contributed by atoms with E-state index in [-0.39, 0.29) is 37.1 Å². The van der Waals surface area contributed by atoms with Crippen molar-refractivity contribution in [3.63, 3.8) is 0 Å². The number of carbonyl (C=O) groups excluding carboxylic acids is 3. The number of hydrogen-bond acceptors (Lipinski definition) is 4. The van der Waals surface area contributed by atoms with E-state index >= 15 is 0 Å². The molecule has 4 rings (SSSR count). The van der Waals surface area contributed by atoms with Crippen LogP contribution in [0.4, 0.5) is 11.4 Å². The molecule has 0 saturated carbocycles. The fourth-order valence-corrected chi connectivity index (χ4v) is 4.02. The lowest BCUT2D eigenvalue weighted by Gasteiger charge is -2.29. The van der Waals surface area contributed by atoms with Crippen molar-refractivity contribution in [1.29, 1.82) is 0 Å². The van der Waals surface area contributed by atoms with Crippen LogP contribution in [0.3, 0.4) is 0 Å². The molecule has 1 aromatic rings. The average molecular weight is 342 g/mol. The van der Waals surface area contributed by atoms with Gasteiger partial charge >= 0.3 is 0 Å². The third-order valence-corrected chi connectivity index (χ3v) is 5.37. The van der Waals surface area contributed by atoms with Gasteiger partial charge in [-0.3, -0.25) is 14.4 Å². The van der Waals surface area contributed by atoms with Crippen LogP contribution in [0.2, 0.25) is 0 Å². The number of hydrogen-bond donors (Lipinski definition) is 2. The highest BCUT2D eigenvalue weighted by molar-refractivity contribution is 6.10. The Labute approximate surface area is 146 Å². The topological polar surface area (TPSA) is 81.8 Å². The van der Waals surface area contributed by atoms with Gasteiger partial charge in [-0.25, -0.2) is 0 Å². The molecule has 7 heteroatoms. The van der Waals surface area contributed by atoms with Crippen LogP contribution in [0.5, 0.6) is 0 Å². The van der Waals surface area contributed by atoms with Crippen molar-refractivity contribution < 1.29 is 14.4 Å². The van der Waals surface area contributed by atoms with Gasteiger partial charge in [-0.2, -0.15) is 0 Å². The predicted octanol–water partition coefficient (Wildman–Crippen LogP) is 0.430. The lowest BCUT2D eigenvalue weighted by molar-refractivity contribution is -0.132. The summed E-state index contributed by atoms with van der Waals surface area (Å²) in [6.07, 6.45) is 0.330. The highest BCUT2D eigenvalue weighted by atomic mass is 16.2. The molecule has 2 fully saturated rings. The lowest BCUT2D eigenvalue weighted by atomic mass is 10.0. The van der Waals surface area contributed by atoms with E-state index in [1.54, 1.807) is 6.07 Å². The van der Waals surface area contributed by atoms with E-state index in [0.29, 0.717) is 23.2 Å². The fourth-order valence-electron chi connectivity index (χ4n) is 4.02. The molecule has 2 N–H and O–H groups in total. The van der Waals surface area contributed by atoms with Crippen molar-refractivity contribution in [2.45, 2.75) is 12.8 Å². The number of carbonyl (C=O) groups is 3. The van der Waals surface area contributed by atoms with Crippen LogP contribution in [0.1, 0.15) is 12.8 Å². The molecule has 1 aromatic carbocycles. The van der Waals surface area contributed by atoms with Crippen molar-refractivity contribution in [3.05, 3.63) is 24.3 Å². The van der Waals surface area contributed by atoms with Crippen LogP contribution in [-0.4, -0.2) is 55.3 Å². The minimum Gasteiger partial charge on any atom is -0.342 e. The van der Waals surface area contributed by atoms with Crippen LogP contribution in [0.25, 0.3) is 0 Å². The third kappa shape index (κ3) is 3.11. The minimum absolute atomic E-state index is 0.00354. The van der Waals surface area contributed by atoms with Crippen LogP contribution >= 0.6 is 0 Å². The number of nitrogens with zero attached hydrogens (tertiary/aromatic N) is 2. The molecule has 0 aromatic heterocycles. The number of fused-ring (bicyclic) bond motifs is 2. The molecule has 0 bridgehead atoms. The second-order valence-electron chi connectivity index (χ2n) is 7.02. The summed E-state index contributed by atoms with van der Waals surface area (Å²) in [6.45, 7) is 3.54. The standard InChI is InChI=1S/C18H22N4O3/c23-16-11-22(15-4-2-1-3-14(15)20-16)18(25)6-5-17(24)21-9-12-7-19-8-13(12)10-21/h1-4,12-13,19H,5-11H2,(H,20,23)/t12-,13+. The summed E-state index contributed by atoms with van der Waals surface area (Å²) < 4.78 is 0. The summed E-state index contributed by atoms with van der Waals surface area (Å²) in [4.78, 5) is 40.2. The second kappa shape index (κ2) is 6.48. The fraction of sp³-hybridized carbons (Fsp3) is 0.500. The molecule has 3 heterocycles. The maximum atomic E-state index is 12.6. The van der Waals surface area contributed by atoms with Crippen molar-refractivity contribution in [2.24, 2.45) is 11.8 Å². The Morgan fingerprint density at radius 2 is 1.72 bits per heavy atom. The number of rotatable bonds is 3. The number of amides is 3. The van der Waals surface area contributed by atoms with Gasteiger partial charge in [0.15, 0.2) is 0 Å². The van der Waals surface area contributed by atoms with Crippen LogP contribution in [0.15, 0.2) is 24.3 Å². The van der Waals surface area contributed by atoms with Gasteiger partial charge in [0, 0.05) is 39.0 Å². The number of likely N-dealkylation sites (tertiary alicyclic amines) is 1. The van der Waals surface area contributed by atoms with Crippen LogP contribution < -0.4 is 15.5 Å². The van der Waals surface area contributed by atoms with E-state index < -0.39 is 0 Å². The first-order chi connectivity index (χ1) is 12.1. The SMILES string of the molecule is O=C1CN(C(=O)CCC(=O)N2C[C@H]3CNC[C@H]3C2)c2ccccc2N1. The summed E-state index contributed by atoms with van der Waals surface area (Å²) in [5, 5.41) is 6.12. The largest absolute Gasteiger partial charge is 0.342 e. The zero-order valence-corrected chi connectivity index (χ0v) is 14.0.